The molecular weight excluding hydrogens is 1310 g/mol. The Hall–Kier alpha value is -3.95. The molecule has 0 heterocycles. The lowest BCUT2D eigenvalue weighted by molar-refractivity contribution is -0.144. The zero-order chi connectivity index (χ0) is 79.5. The first kappa shape index (κ1) is 111. The Bertz CT molecular complexity index is 1790. The Balaban J connectivity index is -0.000000401. The highest BCUT2D eigenvalue weighted by Gasteiger charge is 2.17. The summed E-state index contributed by atoms with van der Waals surface area (Å²) in [6.45, 7) is 39.8. The molecule has 0 bridgehead atoms. The predicted molar refractivity (Wildman–Crippen MR) is 462 cm³/mol. The van der Waals surface area contributed by atoms with Crippen molar-refractivity contribution in [2.24, 2.45) is 0 Å². The first-order chi connectivity index (χ1) is 51.7. The Morgan fingerprint density at radius 2 is 0.255 bits per heavy atom. The van der Waals surface area contributed by atoms with Crippen LogP contribution in [0.15, 0.2) is 63.3 Å². The number of hydrogen-bond donors (Lipinski definition) is 0. The molecule has 10 heteroatoms. The number of rotatable bonds is 76. The lowest BCUT2D eigenvalue weighted by Gasteiger charge is -2.17. The molecule has 4 atom stereocenters. The van der Waals surface area contributed by atoms with Crippen LogP contribution in [0.1, 0.15) is 493 Å². The van der Waals surface area contributed by atoms with E-state index in [2.05, 4.69) is 102 Å². The Kier molecular flexibility index (Phi) is 101. The molecule has 0 aromatic rings. The van der Waals surface area contributed by atoms with Crippen LogP contribution in [0.2, 0.25) is 0 Å². The summed E-state index contributed by atoms with van der Waals surface area (Å²) in [5, 5.41) is 0. The zero-order valence-electron chi connectivity index (χ0n) is 72.6. The van der Waals surface area contributed by atoms with E-state index in [-0.39, 0.29) is 60.4 Å². The summed E-state index contributed by atoms with van der Waals surface area (Å²) in [4.78, 5) is 57.0. The number of esters is 5. The molecule has 0 radical (unpaired) electrons. The lowest BCUT2D eigenvalue weighted by Crippen LogP contribution is -2.16. The highest BCUT2D eigenvalue weighted by molar-refractivity contribution is 5.82. The topological polar surface area (TPSA) is 132 Å². The van der Waals surface area contributed by atoms with Crippen LogP contribution in [-0.4, -0.2) is 60.4 Å². The first-order valence-corrected chi connectivity index (χ1v) is 45.9. The quantitative estimate of drug-likeness (QED) is 0.0251. The number of carbonyl (C=O) groups excluding carboxylic acids is 5. The van der Waals surface area contributed by atoms with Crippen molar-refractivity contribution in [1.29, 1.82) is 0 Å². The summed E-state index contributed by atoms with van der Waals surface area (Å²) in [7, 11) is 0. The largest absolute Gasteiger partial charge is 0.459 e. The SMILES string of the molecule is C=CC(=O)OC(CCCCCC)CCCCCCCC.C=CC(=O)OC(CCCCCCC)CCCCCCCC.C=CC(=O)OC(CCCCCCC)CCCCCCCC.C=CC(=O)OC(CCCCCCC)CCCCCCCCC.C=CC(=O)OC(CCCCCCCC)CCCCCCCC. The number of hydrogen-bond acceptors (Lipinski definition) is 10. The Morgan fingerprint density at radius 1 is 0.170 bits per heavy atom. The van der Waals surface area contributed by atoms with E-state index in [9.17, 15) is 24.0 Å². The van der Waals surface area contributed by atoms with Gasteiger partial charge in [-0.15, -0.1) is 0 Å². The van der Waals surface area contributed by atoms with Crippen molar-refractivity contribution >= 4 is 29.8 Å². The molecule has 0 spiro atoms. The molecule has 0 aliphatic heterocycles. The third-order valence-electron chi connectivity index (χ3n) is 20.0. The van der Waals surface area contributed by atoms with Crippen molar-refractivity contribution in [3.63, 3.8) is 0 Å². The standard InChI is InChI=1S/2C20H38O2.2C19H36O2.C18H34O2/c1-4-7-9-11-12-14-16-18-19(22-20(21)6-3)17-15-13-10-8-5-2;1-4-7-9-11-13-15-17-19(22-20(21)6-3)18-16-14-12-10-8-5-2;2*1-4-7-9-11-13-15-17-18(21-19(20)6-3)16-14-12-10-8-5-2;1-4-7-9-11-12-14-16-17(20-18(19)6-3)15-13-10-8-5-2/h2*6,19H,3-5,7-18H2,1-2H3;2*6,18H,3-5,7-17H2,1-2H3;6,17H,3-5,7-16H2,1-2H3. The van der Waals surface area contributed by atoms with Gasteiger partial charge in [0.2, 0.25) is 0 Å². The maximum absolute atomic E-state index is 11.4. The van der Waals surface area contributed by atoms with E-state index in [0.29, 0.717) is 0 Å². The minimum Gasteiger partial charge on any atom is -0.459 e. The van der Waals surface area contributed by atoms with Crippen molar-refractivity contribution < 1.29 is 47.7 Å². The fourth-order valence-corrected chi connectivity index (χ4v) is 13.2. The van der Waals surface area contributed by atoms with Gasteiger partial charge in [0.1, 0.15) is 30.5 Å². The van der Waals surface area contributed by atoms with Gasteiger partial charge in [-0.05, 0) is 128 Å². The van der Waals surface area contributed by atoms with E-state index in [1.54, 1.807) is 0 Å². The third-order valence-corrected chi connectivity index (χ3v) is 20.0. The Labute approximate surface area is 660 Å². The molecule has 0 rings (SSSR count). The van der Waals surface area contributed by atoms with Gasteiger partial charge >= 0.3 is 29.8 Å². The normalized spacial score (nSPS) is 11.8. The first-order valence-electron chi connectivity index (χ1n) is 45.9. The van der Waals surface area contributed by atoms with Crippen LogP contribution >= 0.6 is 0 Å². The van der Waals surface area contributed by atoms with Gasteiger partial charge in [-0.1, -0.05) is 397 Å². The average Bonchev–Trinajstić information content (AvgIpc) is 1.10. The van der Waals surface area contributed by atoms with Crippen LogP contribution in [0.4, 0.5) is 0 Å². The maximum Gasteiger partial charge on any atom is 0.330 e. The van der Waals surface area contributed by atoms with Crippen molar-refractivity contribution in [2.75, 3.05) is 0 Å². The summed E-state index contributed by atoms with van der Waals surface area (Å²) in [6, 6.07) is 0. The molecule has 0 aromatic carbocycles. The lowest BCUT2D eigenvalue weighted by atomic mass is 10.0. The molecule has 0 aromatic heterocycles. The molecule has 0 amide bonds. The second-order valence-corrected chi connectivity index (χ2v) is 30.5. The smallest absolute Gasteiger partial charge is 0.330 e. The average molecular weight is 1500 g/mol. The van der Waals surface area contributed by atoms with Crippen molar-refractivity contribution in [3.05, 3.63) is 63.3 Å². The van der Waals surface area contributed by atoms with E-state index in [1.165, 1.54) is 390 Å². The van der Waals surface area contributed by atoms with Gasteiger partial charge in [-0.3, -0.25) is 0 Å². The number of unbranched alkanes of at least 4 members (excludes halogenated alkanes) is 46. The second-order valence-electron chi connectivity index (χ2n) is 30.5. The van der Waals surface area contributed by atoms with Crippen LogP contribution in [0.5, 0.6) is 0 Å². The van der Waals surface area contributed by atoms with Gasteiger partial charge in [0.15, 0.2) is 0 Å². The number of carbonyl (C=O) groups is 5. The molecule has 0 N–H and O–H groups in total. The van der Waals surface area contributed by atoms with Gasteiger partial charge in [-0.2, -0.15) is 0 Å². The van der Waals surface area contributed by atoms with E-state index >= 15 is 0 Å². The van der Waals surface area contributed by atoms with E-state index in [4.69, 9.17) is 23.7 Å². The van der Waals surface area contributed by atoms with Crippen LogP contribution in [0, 0.1) is 0 Å². The Morgan fingerprint density at radius 3 is 0.349 bits per heavy atom. The van der Waals surface area contributed by atoms with Crippen LogP contribution in [0.25, 0.3) is 0 Å². The zero-order valence-corrected chi connectivity index (χ0v) is 72.6. The molecule has 0 aliphatic carbocycles. The van der Waals surface area contributed by atoms with Crippen molar-refractivity contribution in [1.82, 2.24) is 0 Å². The maximum atomic E-state index is 11.4. The minimum atomic E-state index is -0.267. The highest BCUT2D eigenvalue weighted by atomic mass is 16.6. The fourth-order valence-electron chi connectivity index (χ4n) is 13.2. The summed E-state index contributed by atoms with van der Waals surface area (Å²) < 4.78 is 27.4. The predicted octanol–water partition coefficient (Wildman–Crippen LogP) is 31.4. The van der Waals surface area contributed by atoms with Crippen LogP contribution in [0.3, 0.4) is 0 Å². The monoisotopic (exact) mass is 1500 g/mol. The summed E-state index contributed by atoms with van der Waals surface area (Å²) in [5.41, 5.74) is 0. The molecule has 626 valence electrons. The second kappa shape index (κ2) is 97.1. The van der Waals surface area contributed by atoms with Crippen LogP contribution < -0.4 is 0 Å². The third kappa shape index (κ3) is 94.3. The van der Waals surface area contributed by atoms with Crippen molar-refractivity contribution in [2.45, 2.75) is 524 Å². The van der Waals surface area contributed by atoms with Gasteiger partial charge in [0, 0.05) is 30.4 Å². The van der Waals surface area contributed by atoms with E-state index in [1.807, 2.05) is 0 Å². The minimum absolute atomic E-state index is 0.0998. The van der Waals surface area contributed by atoms with E-state index < -0.39 is 0 Å². The summed E-state index contributed by atoms with van der Waals surface area (Å²) in [6.07, 6.45) is 88.6. The molecule has 4 unspecified atom stereocenters. The highest BCUT2D eigenvalue weighted by Crippen LogP contribution is 2.23. The summed E-state index contributed by atoms with van der Waals surface area (Å²) >= 11 is 0. The number of ether oxygens (including phenoxy) is 5. The van der Waals surface area contributed by atoms with Gasteiger partial charge in [0.05, 0.1) is 0 Å². The van der Waals surface area contributed by atoms with Crippen LogP contribution in [-0.2, 0) is 47.7 Å². The van der Waals surface area contributed by atoms with Gasteiger partial charge in [-0.25, -0.2) is 24.0 Å². The fraction of sp³-hybridized carbons (Fsp3) is 0.844. The summed E-state index contributed by atoms with van der Waals surface area (Å²) in [5.74, 6) is -1.32. The van der Waals surface area contributed by atoms with Gasteiger partial charge in [0.25, 0.3) is 0 Å². The molecule has 0 fully saturated rings. The molecule has 10 nitrogen and oxygen atoms in total. The molecule has 0 aliphatic rings. The van der Waals surface area contributed by atoms with Crippen molar-refractivity contribution in [3.8, 4) is 0 Å². The molecule has 0 saturated carbocycles. The molecule has 0 saturated heterocycles. The molecule has 106 heavy (non-hydrogen) atoms. The van der Waals surface area contributed by atoms with Gasteiger partial charge < -0.3 is 23.7 Å². The molecular formula is C96H182O10. The van der Waals surface area contributed by atoms with E-state index in [0.717, 1.165) is 64.2 Å².